The predicted octanol–water partition coefficient (Wildman–Crippen LogP) is 3.29. The molecule has 4 heteroatoms. The van der Waals surface area contributed by atoms with Crippen molar-refractivity contribution in [2.24, 2.45) is 5.92 Å². The zero-order chi connectivity index (χ0) is 12.8. The molecule has 0 amide bonds. The van der Waals surface area contributed by atoms with Crippen molar-refractivity contribution in [2.75, 3.05) is 17.2 Å². The van der Waals surface area contributed by atoms with Crippen molar-refractivity contribution in [3.63, 3.8) is 0 Å². The number of hydrogen-bond acceptors (Lipinski definition) is 4. The van der Waals surface area contributed by atoms with E-state index in [1.165, 1.54) is 32.1 Å². The highest BCUT2D eigenvalue weighted by Crippen LogP contribution is 2.23. The highest BCUT2D eigenvalue weighted by atomic mass is 15.1. The molecule has 2 rings (SSSR count). The average Bonchev–Trinajstić information content (AvgIpc) is 2.37. The van der Waals surface area contributed by atoms with Gasteiger partial charge >= 0.3 is 0 Å². The largest absolute Gasteiger partial charge is 0.370 e. The Morgan fingerprint density at radius 1 is 1.17 bits per heavy atom. The standard InChI is InChI=1S/C14H24N4/c1-11(2)18-14-8-13(16-10-17-14)15-9-12-6-4-3-5-7-12/h8,10-12H,3-7,9H2,1-2H3,(H2,15,16,17,18). The van der Waals surface area contributed by atoms with Gasteiger partial charge in [-0.1, -0.05) is 19.3 Å². The van der Waals surface area contributed by atoms with Crippen molar-refractivity contribution in [1.82, 2.24) is 9.97 Å². The Balaban J connectivity index is 1.84. The molecule has 1 aromatic rings. The number of nitrogens with zero attached hydrogens (tertiary/aromatic N) is 2. The van der Waals surface area contributed by atoms with E-state index in [9.17, 15) is 0 Å². The minimum atomic E-state index is 0.395. The van der Waals surface area contributed by atoms with Crippen molar-refractivity contribution in [2.45, 2.75) is 52.0 Å². The van der Waals surface area contributed by atoms with Crippen LogP contribution in [0.4, 0.5) is 11.6 Å². The minimum Gasteiger partial charge on any atom is -0.370 e. The van der Waals surface area contributed by atoms with Gasteiger partial charge in [-0.15, -0.1) is 0 Å². The molecule has 2 N–H and O–H groups in total. The second-order valence-corrected chi connectivity index (χ2v) is 5.47. The Labute approximate surface area is 110 Å². The second kappa shape index (κ2) is 6.57. The van der Waals surface area contributed by atoms with E-state index < -0.39 is 0 Å². The molecule has 18 heavy (non-hydrogen) atoms. The number of nitrogens with one attached hydrogen (secondary N) is 2. The fourth-order valence-electron chi connectivity index (χ4n) is 2.47. The van der Waals surface area contributed by atoms with E-state index in [2.05, 4.69) is 34.4 Å². The van der Waals surface area contributed by atoms with Crippen molar-refractivity contribution in [3.8, 4) is 0 Å². The fraction of sp³-hybridized carbons (Fsp3) is 0.714. The van der Waals surface area contributed by atoms with Crippen LogP contribution in [0, 0.1) is 5.92 Å². The molecule has 1 aromatic heterocycles. The maximum absolute atomic E-state index is 4.27. The Morgan fingerprint density at radius 2 is 1.89 bits per heavy atom. The van der Waals surface area contributed by atoms with Crippen LogP contribution in [0.15, 0.2) is 12.4 Å². The third-order valence-electron chi connectivity index (χ3n) is 3.40. The summed E-state index contributed by atoms with van der Waals surface area (Å²) in [6.07, 6.45) is 8.51. The van der Waals surface area contributed by atoms with Gasteiger partial charge in [0.15, 0.2) is 0 Å². The smallest absolute Gasteiger partial charge is 0.131 e. The predicted molar refractivity (Wildman–Crippen MR) is 75.9 cm³/mol. The third-order valence-corrected chi connectivity index (χ3v) is 3.40. The summed E-state index contributed by atoms with van der Waals surface area (Å²) < 4.78 is 0. The van der Waals surface area contributed by atoms with E-state index in [4.69, 9.17) is 0 Å². The molecule has 0 atom stereocenters. The average molecular weight is 248 g/mol. The zero-order valence-corrected chi connectivity index (χ0v) is 11.4. The van der Waals surface area contributed by atoms with Gasteiger partial charge < -0.3 is 10.6 Å². The van der Waals surface area contributed by atoms with E-state index in [-0.39, 0.29) is 0 Å². The number of anilines is 2. The second-order valence-electron chi connectivity index (χ2n) is 5.47. The van der Waals surface area contributed by atoms with E-state index >= 15 is 0 Å². The SMILES string of the molecule is CC(C)Nc1cc(NCC2CCCCC2)ncn1. The monoisotopic (exact) mass is 248 g/mol. The third kappa shape index (κ3) is 4.17. The molecule has 0 radical (unpaired) electrons. The maximum Gasteiger partial charge on any atom is 0.131 e. The van der Waals surface area contributed by atoms with Crippen LogP contribution in [0.2, 0.25) is 0 Å². The Hall–Kier alpha value is -1.32. The van der Waals surface area contributed by atoms with Gasteiger partial charge in [0.1, 0.15) is 18.0 Å². The minimum absolute atomic E-state index is 0.395. The summed E-state index contributed by atoms with van der Waals surface area (Å²) in [5, 5.41) is 6.73. The first-order chi connectivity index (χ1) is 8.74. The van der Waals surface area contributed by atoms with Crippen LogP contribution < -0.4 is 10.6 Å². The quantitative estimate of drug-likeness (QED) is 0.839. The molecule has 1 heterocycles. The van der Waals surface area contributed by atoms with Gasteiger partial charge in [0.25, 0.3) is 0 Å². The van der Waals surface area contributed by atoms with Crippen LogP contribution >= 0.6 is 0 Å². The molecule has 0 aromatic carbocycles. The highest BCUT2D eigenvalue weighted by Gasteiger charge is 2.13. The van der Waals surface area contributed by atoms with Gasteiger partial charge in [-0.2, -0.15) is 0 Å². The first kappa shape index (κ1) is 13.1. The van der Waals surface area contributed by atoms with E-state index in [1.807, 2.05) is 6.07 Å². The van der Waals surface area contributed by atoms with Crippen molar-refractivity contribution in [1.29, 1.82) is 0 Å². The Bertz CT molecular complexity index is 359. The lowest BCUT2D eigenvalue weighted by Gasteiger charge is -2.22. The molecule has 100 valence electrons. The molecule has 0 bridgehead atoms. The van der Waals surface area contributed by atoms with Crippen LogP contribution in [-0.2, 0) is 0 Å². The first-order valence-electron chi connectivity index (χ1n) is 7.06. The molecule has 1 aliphatic rings. The summed E-state index contributed by atoms with van der Waals surface area (Å²) >= 11 is 0. The maximum atomic E-state index is 4.27. The summed E-state index contributed by atoms with van der Waals surface area (Å²) in [7, 11) is 0. The first-order valence-corrected chi connectivity index (χ1v) is 7.06. The normalized spacial score (nSPS) is 16.8. The number of rotatable bonds is 5. The van der Waals surface area contributed by atoms with Gasteiger partial charge in [0.2, 0.25) is 0 Å². The molecule has 1 aliphatic carbocycles. The van der Waals surface area contributed by atoms with Crippen LogP contribution in [0.1, 0.15) is 46.0 Å². The molecule has 1 saturated carbocycles. The van der Waals surface area contributed by atoms with Crippen LogP contribution in [-0.4, -0.2) is 22.6 Å². The summed E-state index contributed by atoms with van der Waals surface area (Å²) in [6, 6.07) is 2.38. The summed E-state index contributed by atoms with van der Waals surface area (Å²) in [4.78, 5) is 8.48. The molecule has 0 saturated heterocycles. The topological polar surface area (TPSA) is 49.8 Å². The number of hydrogen-bond donors (Lipinski definition) is 2. The van der Waals surface area contributed by atoms with Crippen LogP contribution in [0.25, 0.3) is 0 Å². The Kier molecular flexibility index (Phi) is 4.79. The summed E-state index contributed by atoms with van der Waals surface area (Å²) in [5.74, 6) is 2.64. The number of aromatic nitrogens is 2. The van der Waals surface area contributed by atoms with Gasteiger partial charge in [-0.3, -0.25) is 0 Å². The highest BCUT2D eigenvalue weighted by molar-refractivity contribution is 5.46. The zero-order valence-electron chi connectivity index (χ0n) is 11.4. The molecular weight excluding hydrogens is 224 g/mol. The lowest BCUT2D eigenvalue weighted by molar-refractivity contribution is 0.373. The van der Waals surface area contributed by atoms with E-state index in [0.29, 0.717) is 6.04 Å². The molecule has 0 aliphatic heterocycles. The molecule has 4 nitrogen and oxygen atoms in total. The van der Waals surface area contributed by atoms with E-state index in [0.717, 1.165) is 24.1 Å². The molecular formula is C14H24N4. The van der Waals surface area contributed by atoms with Crippen LogP contribution in [0.3, 0.4) is 0 Å². The lowest BCUT2D eigenvalue weighted by Crippen LogP contribution is -2.18. The van der Waals surface area contributed by atoms with Crippen molar-refractivity contribution in [3.05, 3.63) is 12.4 Å². The van der Waals surface area contributed by atoms with Gasteiger partial charge in [0.05, 0.1) is 0 Å². The van der Waals surface area contributed by atoms with Crippen molar-refractivity contribution < 1.29 is 0 Å². The summed E-state index contributed by atoms with van der Waals surface area (Å²) in [5.41, 5.74) is 0. The lowest BCUT2D eigenvalue weighted by atomic mass is 9.89. The molecule has 0 unspecified atom stereocenters. The van der Waals surface area contributed by atoms with Gasteiger partial charge in [-0.05, 0) is 32.6 Å². The Morgan fingerprint density at radius 3 is 2.61 bits per heavy atom. The summed E-state index contributed by atoms with van der Waals surface area (Å²) in [6.45, 7) is 5.26. The van der Waals surface area contributed by atoms with Gasteiger partial charge in [-0.25, -0.2) is 9.97 Å². The van der Waals surface area contributed by atoms with E-state index in [1.54, 1.807) is 6.33 Å². The van der Waals surface area contributed by atoms with Gasteiger partial charge in [0, 0.05) is 18.7 Å². The van der Waals surface area contributed by atoms with Crippen LogP contribution in [0.5, 0.6) is 0 Å². The fourth-order valence-corrected chi connectivity index (χ4v) is 2.47. The molecule has 1 fully saturated rings. The van der Waals surface area contributed by atoms with Crippen molar-refractivity contribution >= 4 is 11.6 Å². The molecule has 0 spiro atoms.